The molecule has 0 amide bonds. The molecule has 0 radical (unpaired) electrons. The van der Waals surface area contributed by atoms with Crippen LogP contribution in [0, 0.1) is 5.92 Å². The van der Waals surface area contributed by atoms with Crippen LogP contribution in [0.15, 0.2) is 11.6 Å². The Morgan fingerprint density at radius 3 is 3.00 bits per heavy atom. The third-order valence-electron chi connectivity index (χ3n) is 2.28. The topological polar surface area (TPSA) is 26.3 Å². The van der Waals surface area contributed by atoms with Crippen molar-refractivity contribution in [3.63, 3.8) is 0 Å². The van der Waals surface area contributed by atoms with E-state index in [0.717, 1.165) is 24.7 Å². The van der Waals surface area contributed by atoms with Crippen molar-refractivity contribution in [2.24, 2.45) is 5.92 Å². The van der Waals surface area contributed by atoms with Crippen molar-refractivity contribution < 1.29 is 9.53 Å². The van der Waals surface area contributed by atoms with Crippen molar-refractivity contribution in [1.29, 1.82) is 0 Å². The lowest BCUT2D eigenvalue weighted by molar-refractivity contribution is -0.105. The van der Waals surface area contributed by atoms with Crippen LogP contribution in [-0.2, 0) is 9.53 Å². The first-order valence-electron chi connectivity index (χ1n) is 3.95. The Labute approximate surface area is 67.2 Å². The zero-order valence-electron chi connectivity index (χ0n) is 7.04. The van der Waals surface area contributed by atoms with E-state index in [4.69, 9.17) is 4.74 Å². The van der Waals surface area contributed by atoms with Gasteiger partial charge < -0.3 is 4.74 Å². The average molecular weight is 154 g/mol. The maximum absolute atomic E-state index is 10.4. The molecular formula is C9H14O2. The normalized spacial score (nSPS) is 31.3. The van der Waals surface area contributed by atoms with Crippen LogP contribution in [0.2, 0.25) is 0 Å². The van der Waals surface area contributed by atoms with Crippen LogP contribution in [0.25, 0.3) is 0 Å². The molecule has 0 aromatic heterocycles. The number of rotatable bonds is 2. The van der Waals surface area contributed by atoms with Crippen molar-refractivity contribution in [2.45, 2.75) is 25.9 Å². The first-order valence-corrected chi connectivity index (χ1v) is 3.95. The first-order chi connectivity index (χ1) is 5.27. The molecule has 2 atom stereocenters. The molecule has 2 heteroatoms. The molecule has 11 heavy (non-hydrogen) atoms. The Hall–Kier alpha value is -0.630. The Kier molecular flexibility index (Phi) is 2.83. The third-order valence-corrected chi connectivity index (χ3v) is 2.28. The summed E-state index contributed by atoms with van der Waals surface area (Å²) in [6.07, 6.45) is 4.92. The van der Waals surface area contributed by atoms with Gasteiger partial charge in [-0.3, -0.25) is 4.79 Å². The highest BCUT2D eigenvalue weighted by molar-refractivity contribution is 5.73. The molecule has 0 aromatic carbocycles. The van der Waals surface area contributed by atoms with Gasteiger partial charge in [-0.1, -0.05) is 13.0 Å². The fourth-order valence-electron chi connectivity index (χ4n) is 1.42. The Bertz CT molecular complexity index is 172. The molecule has 0 fully saturated rings. The number of ether oxygens (including phenoxy) is 1. The van der Waals surface area contributed by atoms with Gasteiger partial charge in [-0.25, -0.2) is 0 Å². The molecule has 0 aromatic rings. The van der Waals surface area contributed by atoms with Crippen LogP contribution in [0.1, 0.15) is 19.8 Å². The molecule has 1 aliphatic carbocycles. The number of methoxy groups -OCH3 is 1. The minimum absolute atomic E-state index is 0.236. The van der Waals surface area contributed by atoms with Gasteiger partial charge in [0.05, 0.1) is 6.10 Å². The van der Waals surface area contributed by atoms with E-state index < -0.39 is 0 Å². The standard InChI is InChI=1S/C9H14O2/c1-7-3-4-8(6-10)5-9(7)11-2/h4,6-7,9H,3,5H2,1-2H3. The molecule has 0 spiro atoms. The summed E-state index contributed by atoms with van der Waals surface area (Å²) in [5, 5.41) is 0. The van der Waals surface area contributed by atoms with Gasteiger partial charge in [0.25, 0.3) is 0 Å². The zero-order valence-corrected chi connectivity index (χ0v) is 7.04. The summed E-state index contributed by atoms with van der Waals surface area (Å²) in [6.45, 7) is 2.15. The molecule has 0 N–H and O–H groups in total. The highest BCUT2D eigenvalue weighted by Crippen LogP contribution is 2.24. The number of hydrogen-bond acceptors (Lipinski definition) is 2. The number of allylic oxidation sites excluding steroid dienone is 1. The van der Waals surface area contributed by atoms with Crippen LogP contribution in [0.4, 0.5) is 0 Å². The van der Waals surface area contributed by atoms with Crippen molar-refractivity contribution >= 4 is 6.29 Å². The summed E-state index contributed by atoms with van der Waals surface area (Å²) in [5.41, 5.74) is 0.884. The molecule has 0 aliphatic heterocycles. The maximum Gasteiger partial charge on any atom is 0.145 e. The number of carbonyl (C=O) groups excluding carboxylic acids is 1. The second kappa shape index (κ2) is 3.67. The van der Waals surface area contributed by atoms with Gasteiger partial charge >= 0.3 is 0 Å². The van der Waals surface area contributed by atoms with Crippen molar-refractivity contribution in [2.75, 3.05) is 7.11 Å². The van der Waals surface area contributed by atoms with E-state index in [-0.39, 0.29) is 6.10 Å². The number of hydrogen-bond donors (Lipinski definition) is 0. The summed E-state index contributed by atoms with van der Waals surface area (Å²) in [5.74, 6) is 0.545. The number of aldehydes is 1. The van der Waals surface area contributed by atoms with Gasteiger partial charge in [-0.05, 0) is 17.9 Å². The van der Waals surface area contributed by atoms with Crippen molar-refractivity contribution in [3.8, 4) is 0 Å². The maximum atomic E-state index is 10.4. The average Bonchev–Trinajstić information content (AvgIpc) is 2.05. The van der Waals surface area contributed by atoms with E-state index in [9.17, 15) is 4.79 Å². The van der Waals surface area contributed by atoms with E-state index in [1.165, 1.54) is 0 Å². The monoisotopic (exact) mass is 154 g/mol. The summed E-state index contributed by atoms with van der Waals surface area (Å²) in [7, 11) is 1.70. The fraction of sp³-hybridized carbons (Fsp3) is 0.667. The zero-order chi connectivity index (χ0) is 8.27. The quantitative estimate of drug-likeness (QED) is 0.564. The molecule has 1 aliphatic rings. The van der Waals surface area contributed by atoms with Crippen LogP contribution in [0.3, 0.4) is 0 Å². The molecule has 0 heterocycles. The van der Waals surface area contributed by atoms with Gasteiger partial charge in [0, 0.05) is 13.5 Å². The van der Waals surface area contributed by atoms with Gasteiger partial charge in [0.15, 0.2) is 0 Å². The second-order valence-electron chi connectivity index (χ2n) is 3.09. The van der Waals surface area contributed by atoms with E-state index in [1.807, 2.05) is 6.08 Å². The van der Waals surface area contributed by atoms with Crippen molar-refractivity contribution in [3.05, 3.63) is 11.6 Å². The van der Waals surface area contributed by atoms with Crippen LogP contribution in [0.5, 0.6) is 0 Å². The van der Waals surface area contributed by atoms with Gasteiger partial charge in [0.2, 0.25) is 0 Å². The molecule has 0 saturated carbocycles. The fourth-order valence-corrected chi connectivity index (χ4v) is 1.42. The summed E-state index contributed by atoms with van der Waals surface area (Å²) >= 11 is 0. The van der Waals surface area contributed by atoms with Crippen molar-refractivity contribution in [1.82, 2.24) is 0 Å². The van der Waals surface area contributed by atoms with Gasteiger partial charge in [0.1, 0.15) is 6.29 Å². The third kappa shape index (κ3) is 1.90. The molecule has 2 nitrogen and oxygen atoms in total. The van der Waals surface area contributed by atoms with E-state index >= 15 is 0 Å². The summed E-state index contributed by atoms with van der Waals surface area (Å²) < 4.78 is 5.24. The SMILES string of the molecule is COC1CC(C=O)=CCC1C. The van der Waals surface area contributed by atoms with Gasteiger partial charge in [-0.2, -0.15) is 0 Å². The van der Waals surface area contributed by atoms with E-state index in [1.54, 1.807) is 7.11 Å². The van der Waals surface area contributed by atoms with Gasteiger partial charge in [-0.15, -0.1) is 0 Å². The lowest BCUT2D eigenvalue weighted by Gasteiger charge is -2.25. The highest BCUT2D eigenvalue weighted by Gasteiger charge is 2.21. The minimum atomic E-state index is 0.236. The highest BCUT2D eigenvalue weighted by atomic mass is 16.5. The number of carbonyl (C=O) groups is 1. The molecule has 1 rings (SSSR count). The molecule has 62 valence electrons. The van der Waals surface area contributed by atoms with Crippen LogP contribution < -0.4 is 0 Å². The first kappa shape index (κ1) is 8.47. The van der Waals surface area contributed by atoms with E-state index in [0.29, 0.717) is 5.92 Å². The Morgan fingerprint density at radius 1 is 1.73 bits per heavy atom. The molecule has 0 saturated heterocycles. The molecule has 0 bridgehead atoms. The largest absolute Gasteiger partial charge is 0.381 e. The summed E-state index contributed by atoms with van der Waals surface area (Å²) in [6, 6.07) is 0. The lowest BCUT2D eigenvalue weighted by atomic mass is 9.89. The predicted octanol–water partition coefficient (Wildman–Crippen LogP) is 1.56. The predicted molar refractivity (Wildman–Crippen MR) is 43.3 cm³/mol. The molecule has 2 unspecified atom stereocenters. The smallest absolute Gasteiger partial charge is 0.145 e. The van der Waals surface area contributed by atoms with Crippen LogP contribution >= 0.6 is 0 Å². The van der Waals surface area contributed by atoms with E-state index in [2.05, 4.69) is 6.92 Å². The molecular weight excluding hydrogens is 140 g/mol. The lowest BCUT2D eigenvalue weighted by Crippen LogP contribution is -2.24. The Balaban J connectivity index is 2.60. The minimum Gasteiger partial charge on any atom is -0.381 e. The second-order valence-corrected chi connectivity index (χ2v) is 3.09. The summed E-state index contributed by atoms with van der Waals surface area (Å²) in [4.78, 5) is 10.4. The Morgan fingerprint density at radius 2 is 2.45 bits per heavy atom. The van der Waals surface area contributed by atoms with Crippen LogP contribution in [-0.4, -0.2) is 19.5 Å².